The highest BCUT2D eigenvalue weighted by Gasteiger charge is 2.28. The maximum atomic E-state index is 12.5. The van der Waals surface area contributed by atoms with Gasteiger partial charge in [-0.1, -0.05) is 18.2 Å². The lowest BCUT2D eigenvalue weighted by Crippen LogP contribution is -2.47. The predicted molar refractivity (Wildman–Crippen MR) is 132 cm³/mol. The molecule has 4 heterocycles. The van der Waals surface area contributed by atoms with Gasteiger partial charge in [0, 0.05) is 54.4 Å². The van der Waals surface area contributed by atoms with Crippen LogP contribution in [-0.4, -0.2) is 58.1 Å². The number of carbonyl (C=O) groups is 2. The second-order valence-electron chi connectivity index (χ2n) is 10.1. The lowest BCUT2D eigenvalue weighted by molar-refractivity contribution is 0.0206. The summed E-state index contributed by atoms with van der Waals surface area (Å²) in [6.45, 7) is 7.58. The monoisotopic (exact) mass is 461 g/mol. The molecule has 8 nitrogen and oxygen atoms in total. The third-order valence-corrected chi connectivity index (χ3v) is 6.24. The van der Waals surface area contributed by atoms with Crippen LogP contribution in [0.5, 0.6) is 0 Å². The van der Waals surface area contributed by atoms with E-state index in [1.165, 1.54) is 0 Å². The molecule has 8 heteroatoms. The normalized spacial score (nSPS) is 18.4. The van der Waals surface area contributed by atoms with Gasteiger partial charge in [-0.15, -0.1) is 0 Å². The van der Waals surface area contributed by atoms with Gasteiger partial charge in [-0.25, -0.2) is 9.78 Å². The zero-order valence-corrected chi connectivity index (χ0v) is 19.9. The van der Waals surface area contributed by atoms with Crippen LogP contribution in [0.4, 0.5) is 10.6 Å². The number of carbonyl (C=O) groups excluding carboxylic acids is 2. The van der Waals surface area contributed by atoms with Gasteiger partial charge in [0.2, 0.25) is 0 Å². The van der Waals surface area contributed by atoms with E-state index in [0.29, 0.717) is 25.2 Å². The molecule has 34 heavy (non-hydrogen) atoms. The minimum Gasteiger partial charge on any atom is -0.444 e. The van der Waals surface area contributed by atoms with Crippen LogP contribution in [-0.2, 0) is 11.2 Å². The number of likely N-dealkylation sites (tertiary alicyclic amines) is 1. The van der Waals surface area contributed by atoms with Crippen molar-refractivity contribution in [3.63, 3.8) is 0 Å². The zero-order chi connectivity index (χ0) is 23.9. The summed E-state index contributed by atoms with van der Waals surface area (Å²) >= 11 is 0. The molecule has 0 spiro atoms. The molecule has 1 fully saturated rings. The van der Waals surface area contributed by atoms with Crippen molar-refractivity contribution in [1.82, 2.24) is 20.2 Å². The van der Waals surface area contributed by atoms with E-state index >= 15 is 0 Å². The number of nitrogens with zero attached hydrogens (tertiary/aromatic N) is 2. The number of rotatable bonds is 3. The molecule has 2 aliphatic rings. The van der Waals surface area contributed by atoms with Crippen LogP contribution in [0, 0.1) is 0 Å². The molecule has 2 amide bonds. The van der Waals surface area contributed by atoms with Crippen molar-refractivity contribution in [1.29, 1.82) is 0 Å². The first-order valence-electron chi connectivity index (χ1n) is 11.9. The Labute approximate surface area is 199 Å². The van der Waals surface area contributed by atoms with Gasteiger partial charge in [-0.2, -0.15) is 0 Å². The van der Waals surface area contributed by atoms with Gasteiger partial charge in [-0.3, -0.25) is 4.79 Å². The Bertz CT molecular complexity index is 1240. The summed E-state index contributed by atoms with van der Waals surface area (Å²) < 4.78 is 5.55. The van der Waals surface area contributed by atoms with Gasteiger partial charge in [0.25, 0.3) is 5.91 Å². The number of pyridine rings is 1. The molecule has 0 radical (unpaired) electrons. The molecule has 0 saturated carbocycles. The molecule has 1 atom stereocenters. The summed E-state index contributed by atoms with van der Waals surface area (Å²) in [6, 6.07) is 12.1. The van der Waals surface area contributed by atoms with Crippen LogP contribution < -0.4 is 10.6 Å². The van der Waals surface area contributed by atoms with Gasteiger partial charge >= 0.3 is 6.09 Å². The number of amides is 2. The number of ether oxygens (including phenoxy) is 1. The number of hydrogen-bond acceptors (Lipinski definition) is 5. The number of piperidine rings is 1. The van der Waals surface area contributed by atoms with Crippen molar-refractivity contribution in [2.45, 2.75) is 51.7 Å². The summed E-state index contributed by atoms with van der Waals surface area (Å²) in [5, 5.41) is 7.44. The molecule has 1 saturated heterocycles. The number of aromatic nitrogens is 2. The number of nitrogens with one attached hydrogen (secondary N) is 3. The van der Waals surface area contributed by atoms with Crippen LogP contribution in [0.25, 0.3) is 22.2 Å². The van der Waals surface area contributed by atoms with Crippen LogP contribution in [0.1, 0.15) is 49.7 Å². The van der Waals surface area contributed by atoms with Crippen molar-refractivity contribution >= 4 is 28.7 Å². The molecule has 2 aromatic heterocycles. The Morgan fingerprint density at radius 1 is 1.21 bits per heavy atom. The quantitative estimate of drug-likeness (QED) is 0.539. The average molecular weight is 462 g/mol. The van der Waals surface area contributed by atoms with Gasteiger partial charge in [-0.05, 0) is 51.8 Å². The summed E-state index contributed by atoms with van der Waals surface area (Å²) in [4.78, 5) is 34.9. The SMILES string of the molecule is CC(C)(C)OC(=O)N1CCC[C@@H](Nc2ccc3cccc(-c4cc5c([nH]4)CCNC5=O)c3n2)C1. The smallest absolute Gasteiger partial charge is 0.410 e. The fourth-order valence-electron chi connectivity index (χ4n) is 4.68. The van der Waals surface area contributed by atoms with E-state index in [1.54, 1.807) is 4.90 Å². The minimum atomic E-state index is -0.508. The van der Waals surface area contributed by atoms with E-state index in [-0.39, 0.29) is 18.0 Å². The highest BCUT2D eigenvalue weighted by Crippen LogP contribution is 2.30. The standard InChI is InChI=1S/C26H31N5O3/c1-26(2,3)34-25(33)31-13-5-7-17(15-31)28-22-10-9-16-6-4-8-18(23(16)30-22)21-14-19-20(29-21)11-12-27-24(19)32/h4,6,8-10,14,17,29H,5,7,11-13,15H2,1-3H3,(H,27,32)(H,28,30)/t17-/m1/s1. The Hall–Kier alpha value is -3.55. The molecular weight excluding hydrogens is 430 g/mol. The first-order valence-corrected chi connectivity index (χ1v) is 11.9. The Morgan fingerprint density at radius 2 is 2.06 bits per heavy atom. The summed E-state index contributed by atoms with van der Waals surface area (Å²) in [5.74, 6) is 0.733. The second kappa shape index (κ2) is 8.66. The average Bonchev–Trinajstić information content (AvgIpc) is 3.23. The minimum absolute atomic E-state index is 0.0360. The number of anilines is 1. The molecule has 2 aliphatic heterocycles. The van der Waals surface area contributed by atoms with Gasteiger partial charge < -0.3 is 25.3 Å². The van der Waals surface area contributed by atoms with Crippen LogP contribution >= 0.6 is 0 Å². The predicted octanol–water partition coefficient (Wildman–Crippen LogP) is 4.33. The lowest BCUT2D eigenvalue weighted by Gasteiger charge is -2.34. The van der Waals surface area contributed by atoms with E-state index < -0.39 is 5.60 Å². The highest BCUT2D eigenvalue weighted by molar-refractivity contribution is 6.00. The van der Waals surface area contributed by atoms with E-state index in [9.17, 15) is 9.59 Å². The second-order valence-corrected chi connectivity index (χ2v) is 10.1. The van der Waals surface area contributed by atoms with E-state index in [4.69, 9.17) is 9.72 Å². The summed E-state index contributed by atoms with van der Waals surface area (Å²) in [7, 11) is 0. The summed E-state index contributed by atoms with van der Waals surface area (Å²) in [6.07, 6.45) is 2.39. The zero-order valence-electron chi connectivity index (χ0n) is 19.9. The van der Waals surface area contributed by atoms with Crippen molar-refractivity contribution in [2.75, 3.05) is 25.0 Å². The van der Waals surface area contributed by atoms with Crippen LogP contribution in [0.15, 0.2) is 36.4 Å². The number of aromatic amines is 1. The molecule has 1 aromatic carbocycles. The Morgan fingerprint density at radius 3 is 2.85 bits per heavy atom. The number of para-hydroxylation sites is 1. The summed E-state index contributed by atoms with van der Waals surface area (Å²) in [5.41, 5.74) is 3.89. The number of fused-ring (bicyclic) bond motifs is 2. The van der Waals surface area contributed by atoms with E-state index in [2.05, 4.69) is 21.7 Å². The van der Waals surface area contributed by atoms with Crippen molar-refractivity contribution < 1.29 is 14.3 Å². The molecule has 178 valence electrons. The fraction of sp³-hybridized carbons (Fsp3) is 0.423. The Balaban J connectivity index is 1.38. The third kappa shape index (κ3) is 4.58. The number of hydrogen-bond donors (Lipinski definition) is 3. The molecule has 0 unspecified atom stereocenters. The van der Waals surface area contributed by atoms with E-state index in [0.717, 1.165) is 52.9 Å². The molecule has 5 rings (SSSR count). The maximum absolute atomic E-state index is 12.5. The lowest BCUT2D eigenvalue weighted by atomic mass is 10.0. The Kier molecular flexibility index (Phi) is 5.67. The molecule has 3 N–H and O–H groups in total. The maximum Gasteiger partial charge on any atom is 0.410 e. The first kappa shape index (κ1) is 22.3. The first-order chi connectivity index (χ1) is 16.3. The van der Waals surface area contributed by atoms with Crippen LogP contribution in [0.3, 0.4) is 0 Å². The molecule has 0 aliphatic carbocycles. The fourth-order valence-corrected chi connectivity index (χ4v) is 4.68. The van der Waals surface area contributed by atoms with Crippen molar-refractivity contribution in [3.8, 4) is 11.3 Å². The molecular formula is C26H31N5O3. The topological polar surface area (TPSA) is 99.4 Å². The van der Waals surface area contributed by atoms with Gasteiger partial charge in [0.1, 0.15) is 11.4 Å². The molecule has 3 aromatic rings. The van der Waals surface area contributed by atoms with Crippen molar-refractivity contribution in [3.05, 3.63) is 47.7 Å². The third-order valence-electron chi connectivity index (χ3n) is 6.24. The largest absolute Gasteiger partial charge is 0.444 e. The number of H-pyrrole nitrogens is 1. The van der Waals surface area contributed by atoms with Crippen LogP contribution in [0.2, 0.25) is 0 Å². The van der Waals surface area contributed by atoms with Gasteiger partial charge in [0.15, 0.2) is 0 Å². The van der Waals surface area contributed by atoms with E-state index in [1.807, 2.05) is 51.1 Å². The highest BCUT2D eigenvalue weighted by atomic mass is 16.6. The molecule has 0 bridgehead atoms. The van der Waals surface area contributed by atoms with Gasteiger partial charge in [0.05, 0.1) is 11.1 Å². The van der Waals surface area contributed by atoms with Crippen molar-refractivity contribution in [2.24, 2.45) is 0 Å². The number of benzene rings is 1.